The lowest BCUT2D eigenvalue weighted by Crippen LogP contribution is -2.25. The summed E-state index contributed by atoms with van der Waals surface area (Å²) >= 11 is 0. The van der Waals surface area contributed by atoms with Crippen LogP contribution in [-0.2, 0) is 4.79 Å². The number of nitrogens with one attached hydrogen (secondary N) is 1. The zero-order valence-corrected chi connectivity index (χ0v) is 14.1. The molecule has 0 bridgehead atoms. The van der Waals surface area contributed by atoms with E-state index in [2.05, 4.69) is 10.4 Å². The van der Waals surface area contributed by atoms with E-state index < -0.39 is 21.8 Å². The maximum atomic E-state index is 12.5. The number of benzene rings is 1. The van der Waals surface area contributed by atoms with E-state index in [0.717, 1.165) is 0 Å². The maximum Gasteiger partial charge on any atom is 0.312 e. The molecule has 25 heavy (non-hydrogen) atoms. The highest BCUT2D eigenvalue weighted by Crippen LogP contribution is 2.28. The van der Waals surface area contributed by atoms with Gasteiger partial charge in [0.15, 0.2) is 0 Å². The lowest BCUT2D eigenvalue weighted by Gasteiger charge is -2.14. The number of carbonyl (C=O) groups excluding carboxylic acids is 1. The molecule has 132 valence electrons. The van der Waals surface area contributed by atoms with Crippen molar-refractivity contribution in [3.8, 4) is 0 Å². The van der Waals surface area contributed by atoms with Crippen LogP contribution in [0.1, 0.15) is 29.9 Å². The van der Waals surface area contributed by atoms with E-state index in [-0.39, 0.29) is 28.5 Å². The molecule has 1 amide bonds. The Morgan fingerprint density at radius 1 is 1.20 bits per heavy atom. The predicted octanol–water partition coefficient (Wildman–Crippen LogP) is 2.82. The molecule has 1 unspecified atom stereocenters. The van der Waals surface area contributed by atoms with Gasteiger partial charge in [0, 0.05) is 6.07 Å². The molecule has 2 rings (SSSR count). The van der Waals surface area contributed by atoms with E-state index in [1.165, 1.54) is 37.6 Å². The number of aromatic nitrogens is 2. The van der Waals surface area contributed by atoms with Crippen molar-refractivity contribution in [3.05, 3.63) is 55.4 Å². The number of carbonyl (C=O) groups is 1. The lowest BCUT2D eigenvalue weighted by molar-refractivity contribution is -0.386. The van der Waals surface area contributed by atoms with Gasteiger partial charge >= 0.3 is 5.69 Å². The Bertz CT molecular complexity index is 873. The topological polar surface area (TPSA) is 133 Å². The average molecular weight is 347 g/mol. The van der Waals surface area contributed by atoms with Crippen molar-refractivity contribution in [2.45, 2.75) is 33.7 Å². The third-order valence-electron chi connectivity index (χ3n) is 3.82. The summed E-state index contributed by atoms with van der Waals surface area (Å²) in [5.74, 6) is -0.563. The van der Waals surface area contributed by atoms with E-state index in [0.29, 0.717) is 5.56 Å². The first-order chi connectivity index (χ1) is 11.6. The van der Waals surface area contributed by atoms with Gasteiger partial charge in [-0.05, 0) is 39.3 Å². The summed E-state index contributed by atoms with van der Waals surface area (Å²) in [5, 5.41) is 28.7. The zero-order valence-electron chi connectivity index (χ0n) is 14.1. The molecule has 10 heteroatoms. The van der Waals surface area contributed by atoms with Crippen LogP contribution in [0, 0.1) is 41.0 Å². The summed E-state index contributed by atoms with van der Waals surface area (Å²) < 4.78 is 1.24. The van der Waals surface area contributed by atoms with E-state index in [9.17, 15) is 25.0 Å². The Hall–Kier alpha value is -3.30. The van der Waals surface area contributed by atoms with E-state index in [4.69, 9.17) is 0 Å². The number of nitrogens with zero attached hydrogens (tertiary/aromatic N) is 4. The van der Waals surface area contributed by atoms with Gasteiger partial charge in [-0.25, -0.2) is 0 Å². The van der Waals surface area contributed by atoms with Gasteiger partial charge in [-0.3, -0.25) is 29.7 Å². The highest BCUT2D eigenvalue weighted by atomic mass is 16.6. The highest BCUT2D eigenvalue weighted by Gasteiger charge is 2.28. The second-order valence-electron chi connectivity index (χ2n) is 5.66. The molecule has 1 aromatic heterocycles. The molecule has 1 heterocycles. The third-order valence-corrected chi connectivity index (χ3v) is 3.82. The molecule has 0 fully saturated rings. The second kappa shape index (κ2) is 6.67. The highest BCUT2D eigenvalue weighted by molar-refractivity contribution is 5.95. The van der Waals surface area contributed by atoms with Crippen molar-refractivity contribution in [3.63, 3.8) is 0 Å². The fourth-order valence-corrected chi connectivity index (χ4v) is 2.54. The number of aryl methyl sites for hydroxylation is 2. The van der Waals surface area contributed by atoms with E-state index >= 15 is 0 Å². The van der Waals surface area contributed by atoms with Gasteiger partial charge in [0.2, 0.25) is 5.91 Å². The Morgan fingerprint density at radius 2 is 1.84 bits per heavy atom. The van der Waals surface area contributed by atoms with Crippen molar-refractivity contribution in [2.75, 3.05) is 5.32 Å². The average Bonchev–Trinajstić information content (AvgIpc) is 2.82. The lowest BCUT2D eigenvalue weighted by atomic mass is 10.2. The Kier molecular flexibility index (Phi) is 4.82. The second-order valence-corrected chi connectivity index (χ2v) is 5.66. The fourth-order valence-electron chi connectivity index (χ4n) is 2.54. The van der Waals surface area contributed by atoms with Crippen LogP contribution in [0.4, 0.5) is 17.1 Å². The van der Waals surface area contributed by atoms with Crippen LogP contribution in [0.2, 0.25) is 0 Å². The number of amides is 1. The van der Waals surface area contributed by atoms with Gasteiger partial charge in [0.05, 0.1) is 9.85 Å². The largest absolute Gasteiger partial charge is 0.319 e. The Morgan fingerprint density at radius 3 is 2.36 bits per heavy atom. The van der Waals surface area contributed by atoms with E-state index in [1.54, 1.807) is 13.0 Å². The Labute approximate surface area is 142 Å². The SMILES string of the molecule is Cc1ccc(NC(=O)C(C)n2nc(C)c([N+](=O)[O-])c2C)c([N+](=O)[O-])c1. The van der Waals surface area contributed by atoms with Crippen LogP contribution >= 0.6 is 0 Å². The van der Waals surface area contributed by atoms with Crippen LogP contribution in [0.5, 0.6) is 0 Å². The third kappa shape index (κ3) is 3.47. The summed E-state index contributed by atoms with van der Waals surface area (Å²) in [5.41, 5.74) is 0.809. The monoisotopic (exact) mass is 347 g/mol. The molecular weight excluding hydrogens is 330 g/mol. The summed E-state index contributed by atoms with van der Waals surface area (Å²) in [6.45, 7) is 6.20. The van der Waals surface area contributed by atoms with Crippen LogP contribution in [0.3, 0.4) is 0 Å². The minimum absolute atomic E-state index is 0.0588. The first-order valence-electron chi connectivity index (χ1n) is 7.39. The number of nitro benzene ring substituents is 1. The van der Waals surface area contributed by atoms with Crippen molar-refractivity contribution in [2.24, 2.45) is 0 Å². The minimum atomic E-state index is -0.881. The molecule has 0 saturated heterocycles. The molecule has 1 atom stereocenters. The molecule has 0 aliphatic heterocycles. The number of hydrogen-bond acceptors (Lipinski definition) is 6. The first kappa shape index (κ1) is 18.0. The molecule has 10 nitrogen and oxygen atoms in total. The summed E-state index contributed by atoms with van der Waals surface area (Å²) in [7, 11) is 0. The number of nitro groups is 2. The number of anilines is 1. The molecule has 1 N–H and O–H groups in total. The summed E-state index contributed by atoms with van der Waals surface area (Å²) in [4.78, 5) is 33.5. The van der Waals surface area contributed by atoms with Gasteiger partial charge in [0.1, 0.15) is 23.1 Å². The molecular formula is C15H17N5O5. The summed E-state index contributed by atoms with van der Waals surface area (Å²) in [6, 6.07) is 3.56. The van der Waals surface area contributed by atoms with Crippen LogP contribution < -0.4 is 5.32 Å². The van der Waals surface area contributed by atoms with Crippen molar-refractivity contribution in [1.82, 2.24) is 9.78 Å². The predicted molar refractivity (Wildman–Crippen MR) is 89.5 cm³/mol. The van der Waals surface area contributed by atoms with Gasteiger partial charge in [-0.15, -0.1) is 0 Å². The molecule has 0 aliphatic rings. The summed E-state index contributed by atoms with van der Waals surface area (Å²) in [6.07, 6.45) is 0. The van der Waals surface area contributed by atoms with Crippen molar-refractivity contribution in [1.29, 1.82) is 0 Å². The number of rotatable bonds is 5. The van der Waals surface area contributed by atoms with E-state index in [1.807, 2.05) is 0 Å². The molecule has 0 aliphatic carbocycles. The Balaban J connectivity index is 2.32. The van der Waals surface area contributed by atoms with Crippen LogP contribution in [0.15, 0.2) is 18.2 Å². The van der Waals surface area contributed by atoms with Gasteiger partial charge in [0.25, 0.3) is 5.69 Å². The van der Waals surface area contributed by atoms with Gasteiger partial charge < -0.3 is 5.32 Å². The normalized spacial score (nSPS) is 11.8. The molecule has 1 aromatic carbocycles. The van der Waals surface area contributed by atoms with Crippen molar-refractivity contribution < 1.29 is 14.6 Å². The maximum absolute atomic E-state index is 12.5. The quantitative estimate of drug-likeness (QED) is 0.653. The molecule has 2 aromatic rings. The zero-order chi connectivity index (χ0) is 18.9. The molecule has 0 spiro atoms. The number of hydrogen-bond donors (Lipinski definition) is 1. The van der Waals surface area contributed by atoms with Gasteiger partial charge in [-0.1, -0.05) is 6.07 Å². The standard InChI is InChI=1S/C15H17N5O5/c1-8-5-6-12(13(7-8)19(22)23)16-15(21)11(4)18-10(3)14(20(24)25)9(2)17-18/h5-7,11H,1-4H3,(H,16,21). The van der Waals surface area contributed by atoms with Gasteiger partial charge in [-0.2, -0.15) is 5.10 Å². The van der Waals surface area contributed by atoms with Crippen LogP contribution in [0.25, 0.3) is 0 Å². The van der Waals surface area contributed by atoms with Crippen molar-refractivity contribution >= 4 is 23.0 Å². The first-order valence-corrected chi connectivity index (χ1v) is 7.39. The minimum Gasteiger partial charge on any atom is -0.319 e. The van der Waals surface area contributed by atoms with Crippen LogP contribution in [-0.4, -0.2) is 25.5 Å². The molecule has 0 saturated carbocycles. The fraction of sp³-hybridized carbons (Fsp3) is 0.333. The molecule has 0 radical (unpaired) electrons. The smallest absolute Gasteiger partial charge is 0.312 e.